The summed E-state index contributed by atoms with van der Waals surface area (Å²) in [5, 5.41) is 19.1. The average molecular weight is 259 g/mol. The summed E-state index contributed by atoms with van der Waals surface area (Å²) in [7, 11) is 0. The molecule has 0 amide bonds. The summed E-state index contributed by atoms with van der Waals surface area (Å²) in [5.41, 5.74) is 1.57. The number of aliphatic hydroxyl groups is 2. The van der Waals surface area contributed by atoms with Crippen molar-refractivity contribution >= 4 is 15.9 Å². The molecule has 0 bridgehead atoms. The molecule has 1 aromatic rings. The standard InChI is InChI=1S/C11H15BrO2/c1-3-4-8-7-9(12)5-6-10(8)11(2,13)14/h5-7,13-14H,3-4H2,1-2H3. The largest absolute Gasteiger partial charge is 0.362 e. The zero-order valence-corrected chi connectivity index (χ0v) is 10.0. The molecule has 0 radical (unpaired) electrons. The number of benzene rings is 1. The molecular weight excluding hydrogens is 244 g/mol. The highest BCUT2D eigenvalue weighted by molar-refractivity contribution is 9.10. The summed E-state index contributed by atoms with van der Waals surface area (Å²) >= 11 is 3.37. The Morgan fingerprint density at radius 3 is 2.50 bits per heavy atom. The first-order chi connectivity index (χ1) is 6.45. The summed E-state index contributed by atoms with van der Waals surface area (Å²) in [6.07, 6.45) is 1.84. The van der Waals surface area contributed by atoms with Crippen molar-refractivity contribution < 1.29 is 10.2 Å². The maximum atomic E-state index is 9.53. The Morgan fingerprint density at radius 1 is 1.36 bits per heavy atom. The molecule has 14 heavy (non-hydrogen) atoms. The van der Waals surface area contributed by atoms with E-state index in [9.17, 15) is 10.2 Å². The lowest BCUT2D eigenvalue weighted by Crippen LogP contribution is -2.21. The van der Waals surface area contributed by atoms with Gasteiger partial charge >= 0.3 is 0 Å². The van der Waals surface area contributed by atoms with Crippen molar-refractivity contribution in [2.45, 2.75) is 32.5 Å². The quantitative estimate of drug-likeness (QED) is 0.819. The van der Waals surface area contributed by atoms with E-state index < -0.39 is 5.79 Å². The number of hydrogen-bond acceptors (Lipinski definition) is 2. The van der Waals surface area contributed by atoms with E-state index in [4.69, 9.17) is 0 Å². The first-order valence-electron chi connectivity index (χ1n) is 4.68. The predicted octanol–water partition coefficient (Wildman–Crippen LogP) is 2.56. The van der Waals surface area contributed by atoms with Gasteiger partial charge in [-0.05, 0) is 31.0 Å². The van der Waals surface area contributed by atoms with Crippen molar-refractivity contribution in [1.29, 1.82) is 0 Å². The second-order valence-corrected chi connectivity index (χ2v) is 4.49. The fourth-order valence-electron chi connectivity index (χ4n) is 1.50. The second-order valence-electron chi connectivity index (χ2n) is 3.57. The van der Waals surface area contributed by atoms with Gasteiger partial charge in [-0.2, -0.15) is 0 Å². The maximum absolute atomic E-state index is 9.53. The van der Waals surface area contributed by atoms with Crippen LogP contribution in [0.3, 0.4) is 0 Å². The van der Waals surface area contributed by atoms with Crippen LogP contribution in [0.4, 0.5) is 0 Å². The summed E-state index contributed by atoms with van der Waals surface area (Å²) in [4.78, 5) is 0. The van der Waals surface area contributed by atoms with Crippen LogP contribution < -0.4 is 0 Å². The maximum Gasteiger partial charge on any atom is 0.187 e. The molecule has 3 heteroatoms. The van der Waals surface area contributed by atoms with Gasteiger partial charge < -0.3 is 10.2 Å². The van der Waals surface area contributed by atoms with Crippen LogP contribution in [-0.4, -0.2) is 10.2 Å². The minimum atomic E-state index is -1.74. The number of rotatable bonds is 3. The van der Waals surface area contributed by atoms with Gasteiger partial charge in [-0.3, -0.25) is 0 Å². The Balaban J connectivity index is 3.15. The van der Waals surface area contributed by atoms with Crippen molar-refractivity contribution in [1.82, 2.24) is 0 Å². The molecule has 1 rings (SSSR count). The van der Waals surface area contributed by atoms with Crippen molar-refractivity contribution in [3.63, 3.8) is 0 Å². The molecule has 0 atom stereocenters. The lowest BCUT2D eigenvalue weighted by atomic mass is 9.98. The van der Waals surface area contributed by atoms with E-state index in [0.717, 1.165) is 22.9 Å². The van der Waals surface area contributed by atoms with Gasteiger partial charge in [-0.1, -0.05) is 35.3 Å². The molecule has 0 saturated heterocycles. The van der Waals surface area contributed by atoms with E-state index in [-0.39, 0.29) is 0 Å². The third kappa shape index (κ3) is 2.80. The number of halogens is 1. The fourth-order valence-corrected chi connectivity index (χ4v) is 1.91. The minimum Gasteiger partial charge on any atom is -0.362 e. The van der Waals surface area contributed by atoms with E-state index in [2.05, 4.69) is 22.9 Å². The van der Waals surface area contributed by atoms with Gasteiger partial charge in [0.2, 0.25) is 0 Å². The molecule has 0 aliphatic heterocycles. The van der Waals surface area contributed by atoms with E-state index in [1.807, 2.05) is 12.1 Å². The van der Waals surface area contributed by atoms with Crippen LogP contribution in [0, 0.1) is 0 Å². The first kappa shape index (κ1) is 11.7. The molecule has 0 heterocycles. The first-order valence-corrected chi connectivity index (χ1v) is 5.48. The molecule has 0 aliphatic rings. The summed E-state index contributed by atoms with van der Waals surface area (Å²) in [5.74, 6) is -1.74. The van der Waals surface area contributed by atoms with Crippen molar-refractivity contribution in [3.8, 4) is 0 Å². The zero-order valence-electron chi connectivity index (χ0n) is 8.42. The summed E-state index contributed by atoms with van der Waals surface area (Å²) in [6, 6.07) is 5.50. The lowest BCUT2D eigenvalue weighted by molar-refractivity contribution is -0.153. The molecule has 1 aromatic carbocycles. The SMILES string of the molecule is CCCc1cc(Br)ccc1C(C)(O)O. The molecule has 0 saturated carbocycles. The molecule has 2 nitrogen and oxygen atoms in total. The highest BCUT2D eigenvalue weighted by Gasteiger charge is 2.21. The van der Waals surface area contributed by atoms with Gasteiger partial charge in [-0.15, -0.1) is 0 Å². The molecule has 0 aromatic heterocycles. The zero-order chi connectivity index (χ0) is 10.8. The van der Waals surface area contributed by atoms with Gasteiger partial charge in [0.25, 0.3) is 0 Å². The van der Waals surface area contributed by atoms with E-state index in [1.165, 1.54) is 6.92 Å². The van der Waals surface area contributed by atoms with Crippen molar-refractivity contribution in [3.05, 3.63) is 33.8 Å². The molecule has 0 spiro atoms. The summed E-state index contributed by atoms with van der Waals surface area (Å²) in [6.45, 7) is 3.45. The van der Waals surface area contributed by atoms with Crippen molar-refractivity contribution in [2.75, 3.05) is 0 Å². The van der Waals surface area contributed by atoms with Gasteiger partial charge in [0, 0.05) is 10.0 Å². The number of aryl methyl sites for hydroxylation is 1. The Kier molecular flexibility index (Phi) is 3.70. The van der Waals surface area contributed by atoms with Gasteiger partial charge in [0.15, 0.2) is 5.79 Å². The average Bonchev–Trinajstić information content (AvgIpc) is 2.02. The minimum absolute atomic E-state index is 0.586. The third-order valence-electron chi connectivity index (χ3n) is 2.10. The second kappa shape index (κ2) is 4.43. The fraction of sp³-hybridized carbons (Fsp3) is 0.455. The Bertz CT molecular complexity index is 316. The Hall–Kier alpha value is -0.380. The monoisotopic (exact) mass is 258 g/mol. The van der Waals surface area contributed by atoms with Crippen LogP contribution in [0.25, 0.3) is 0 Å². The molecule has 78 valence electrons. The smallest absolute Gasteiger partial charge is 0.187 e. The number of hydrogen-bond donors (Lipinski definition) is 2. The Morgan fingerprint density at radius 2 is 2.00 bits per heavy atom. The molecule has 2 N–H and O–H groups in total. The normalized spacial score (nSPS) is 11.8. The van der Waals surface area contributed by atoms with Crippen LogP contribution in [-0.2, 0) is 12.2 Å². The molecule has 0 unspecified atom stereocenters. The summed E-state index contributed by atoms with van der Waals surface area (Å²) < 4.78 is 0.967. The van der Waals surface area contributed by atoms with Crippen LogP contribution in [0.2, 0.25) is 0 Å². The van der Waals surface area contributed by atoms with Gasteiger partial charge in [-0.25, -0.2) is 0 Å². The van der Waals surface area contributed by atoms with Gasteiger partial charge in [0.05, 0.1) is 0 Å². The third-order valence-corrected chi connectivity index (χ3v) is 2.59. The predicted molar refractivity (Wildman–Crippen MR) is 59.9 cm³/mol. The highest BCUT2D eigenvalue weighted by Crippen LogP contribution is 2.25. The lowest BCUT2D eigenvalue weighted by Gasteiger charge is -2.20. The van der Waals surface area contributed by atoms with Crippen LogP contribution >= 0.6 is 15.9 Å². The van der Waals surface area contributed by atoms with Crippen molar-refractivity contribution in [2.24, 2.45) is 0 Å². The Labute approximate surface area is 92.7 Å². The van der Waals surface area contributed by atoms with Crippen LogP contribution in [0.1, 0.15) is 31.4 Å². The topological polar surface area (TPSA) is 40.5 Å². The van der Waals surface area contributed by atoms with E-state index in [0.29, 0.717) is 5.56 Å². The van der Waals surface area contributed by atoms with E-state index in [1.54, 1.807) is 6.07 Å². The molecular formula is C11H15BrO2. The van der Waals surface area contributed by atoms with Crippen LogP contribution in [0.15, 0.2) is 22.7 Å². The molecule has 0 fully saturated rings. The molecule has 0 aliphatic carbocycles. The van der Waals surface area contributed by atoms with E-state index >= 15 is 0 Å². The highest BCUT2D eigenvalue weighted by atomic mass is 79.9. The van der Waals surface area contributed by atoms with Gasteiger partial charge in [0.1, 0.15) is 0 Å². The van der Waals surface area contributed by atoms with Crippen LogP contribution in [0.5, 0.6) is 0 Å².